The molecule has 0 aromatic heterocycles. The Kier molecular flexibility index (Phi) is 10.3. The molecule has 0 unspecified atom stereocenters. The van der Waals surface area contributed by atoms with Crippen molar-refractivity contribution in [1.82, 2.24) is 0 Å². The summed E-state index contributed by atoms with van der Waals surface area (Å²) in [5, 5.41) is 24.4. The van der Waals surface area contributed by atoms with Crippen LogP contribution in [0, 0.1) is 17.3 Å². The lowest BCUT2D eigenvalue weighted by Gasteiger charge is -2.57. The highest BCUT2D eigenvalue weighted by Gasteiger charge is 2.77. The molecule has 0 bridgehead atoms. The summed E-state index contributed by atoms with van der Waals surface area (Å²) in [5.41, 5.74) is 1.85. The fourth-order valence-electron chi connectivity index (χ4n) is 8.60. The van der Waals surface area contributed by atoms with Gasteiger partial charge in [-0.05, 0) is 92.6 Å². The Labute approximate surface area is 294 Å². The van der Waals surface area contributed by atoms with Crippen molar-refractivity contribution >= 4 is 34.9 Å². The van der Waals surface area contributed by atoms with Gasteiger partial charge in [0.05, 0.1) is 18.2 Å². The smallest absolute Gasteiger partial charge is 0.240 e. The standard InChI is InChI=1S/C38H44F2N2O7S/c1-4-5-6-25(44)15-23-18-37(40)29(16-30(23)39)28-17-33-38(32(46)20-43,36(28,3)19-31(37)45)49-35(48-33)22-7-11-26(12-8-22)50-27-13-9-24(10-14-27)42-34(47)21(2)41/h5-15,21,28-31,33,35,43,45H,4,16-20,41H2,1-3H3,(H,42,47)/b6-5-,23-15+/t21-,28-,29-,30-,31-,33+,35+,36-,37-,38+/m0/s1. The lowest BCUT2D eigenvalue weighted by molar-refractivity contribution is -0.217. The molecule has 12 heteroatoms. The molecular weight excluding hydrogens is 666 g/mol. The second kappa shape index (κ2) is 14.0. The quantitative estimate of drug-likeness (QED) is 0.233. The number of amides is 1. The second-order valence-corrected chi connectivity index (χ2v) is 15.3. The molecule has 2 aromatic rings. The zero-order valence-electron chi connectivity index (χ0n) is 28.3. The summed E-state index contributed by atoms with van der Waals surface area (Å²) in [6.07, 6.45) is -0.908. The fraction of sp³-hybridized carbons (Fsp3) is 0.500. The van der Waals surface area contributed by atoms with Gasteiger partial charge in [0.25, 0.3) is 0 Å². The number of allylic oxidation sites excluding steroid dienone is 4. The third-order valence-electron chi connectivity index (χ3n) is 11.1. The van der Waals surface area contributed by atoms with E-state index in [1.807, 2.05) is 43.3 Å². The van der Waals surface area contributed by atoms with Crippen molar-refractivity contribution < 1.29 is 42.9 Å². The maximum absolute atomic E-state index is 16.9. The molecule has 5 N–H and O–H groups in total. The Balaban J connectivity index is 1.20. The summed E-state index contributed by atoms with van der Waals surface area (Å²) in [5.74, 6) is -2.88. The first-order valence-corrected chi connectivity index (χ1v) is 17.9. The van der Waals surface area contributed by atoms with Gasteiger partial charge in [-0.2, -0.15) is 0 Å². The number of aliphatic hydroxyl groups excluding tert-OH is 2. The molecule has 4 aliphatic rings. The number of nitrogens with two attached hydrogens (primary N) is 1. The first kappa shape index (κ1) is 36.5. The highest BCUT2D eigenvalue weighted by Crippen LogP contribution is 2.69. The summed E-state index contributed by atoms with van der Waals surface area (Å²) in [6.45, 7) is 4.39. The number of halogens is 2. The van der Waals surface area contributed by atoms with Crippen LogP contribution in [0.5, 0.6) is 0 Å². The van der Waals surface area contributed by atoms with E-state index in [4.69, 9.17) is 15.2 Å². The number of benzene rings is 2. The minimum atomic E-state index is -2.21. The molecule has 268 valence electrons. The van der Waals surface area contributed by atoms with E-state index in [-0.39, 0.29) is 30.7 Å². The third kappa shape index (κ3) is 6.28. The van der Waals surface area contributed by atoms with E-state index in [1.165, 1.54) is 17.8 Å². The van der Waals surface area contributed by atoms with Gasteiger partial charge in [-0.15, -0.1) is 0 Å². The van der Waals surface area contributed by atoms with E-state index < -0.39 is 83.8 Å². The number of aliphatic hydroxyl groups is 2. The normalized spacial score (nSPS) is 36.1. The number of fused-ring (bicyclic) bond motifs is 5. The molecule has 2 aromatic carbocycles. The van der Waals surface area contributed by atoms with Crippen LogP contribution in [0.1, 0.15) is 64.7 Å². The molecule has 0 radical (unpaired) electrons. The van der Waals surface area contributed by atoms with Crippen LogP contribution in [-0.4, -0.2) is 70.0 Å². The number of nitrogens with one attached hydrogen (secondary N) is 1. The SMILES string of the molecule is CC/C=C\C(=O)/C=C1\C[C@@]2(F)[C@@H](O)C[C@@]3(C)[C@@H](C[C@H]4O[C@@H](c5ccc(Sc6ccc(NC(=O)[C@H](C)N)cc6)cc5)O[C@]43C(=O)CO)[C@@H]2C[C@@H]1F. The average molecular weight is 711 g/mol. The van der Waals surface area contributed by atoms with Gasteiger partial charge >= 0.3 is 0 Å². The van der Waals surface area contributed by atoms with Crippen molar-refractivity contribution in [2.45, 2.75) is 105 Å². The van der Waals surface area contributed by atoms with Crippen LogP contribution >= 0.6 is 11.8 Å². The molecule has 10 atom stereocenters. The largest absolute Gasteiger partial charge is 0.390 e. The number of carbonyl (C=O) groups excluding carboxylic acids is 3. The highest BCUT2D eigenvalue weighted by atomic mass is 32.2. The molecular formula is C38H44F2N2O7S. The number of carbonyl (C=O) groups is 3. The van der Waals surface area contributed by atoms with Crippen molar-refractivity contribution in [3.05, 3.63) is 77.9 Å². The summed E-state index contributed by atoms with van der Waals surface area (Å²) >= 11 is 1.50. The third-order valence-corrected chi connectivity index (χ3v) is 12.1. The predicted molar refractivity (Wildman–Crippen MR) is 184 cm³/mol. The molecule has 3 aliphatic carbocycles. The van der Waals surface area contributed by atoms with E-state index in [2.05, 4.69) is 5.32 Å². The molecule has 9 nitrogen and oxygen atoms in total. The van der Waals surface area contributed by atoms with Crippen LogP contribution in [0.25, 0.3) is 0 Å². The van der Waals surface area contributed by atoms with Crippen molar-refractivity contribution in [3.8, 4) is 0 Å². The lowest BCUT2D eigenvalue weighted by atomic mass is 9.50. The van der Waals surface area contributed by atoms with E-state index in [9.17, 15) is 24.6 Å². The van der Waals surface area contributed by atoms with Crippen molar-refractivity contribution in [1.29, 1.82) is 0 Å². The van der Waals surface area contributed by atoms with Crippen LogP contribution in [-0.2, 0) is 23.9 Å². The Bertz CT molecular complexity index is 1680. The van der Waals surface area contributed by atoms with Gasteiger partial charge in [0.1, 0.15) is 18.4 Å². The minimum absolute atomic E-state index is 0.0216. The first-order valence-electron chi connectivity index (χ1n) is 17.1. The zero-order valence-corrected chi connectivity index (χ0v) is 29.1. The van der Waals surface area contributed by atoms with E-state index in [0.29, 0.717) is 17.7 Å². The van der Waals surface area contributed by atoms with Gasteiger partial charge in [0.2, 0.25) is 5.91 Å². The predicted octanol–water partition coefficient (Wildman–Crippen LogP) is 5.55. The van der Waals surface area contributed by atoms with Crippen LogP contribution in [0.4, 0.5) is 14.5 Å². The molecule has 1 heterocycles. The molecule has 1 saturated heterocycles. The van der Waals surface area contributed by atoms with Crippen LogP contribution < -0.4 is 11.1 Å². The van der Waals surface area contributed by atoms with E-state index in [1.54, 1.807) is 32.1 Å². The Morgan fingerprint density at radius 3 is 2.38 bits per heavy atom. The van der Waals surface area contributed by atoms with Crippen molar-refractivity contribution in [2.75, 3.05) is 11.9 Å². The van der Waals surface area contributed by atoms with Gasteiger partial charge < -0.3 is 30.7 Å². The topological polar surface area (TPSA) is 148 Å². The monoisotopic (exact) mass is 710 g/mol. The molecule has 1 amide bonds. The molecule has 4 fully saturated rings. The van der Waals surface area contributed by atoms with Gasteiger partial charge in [0, 0.05) is 38.8 Å². The summed E-state index contributed by atoms with van der Waals surface area (Å²) in [6, 6.07) is 14.1. The van der Waals surface area contributed by atoms with Gasteiger partial charge in [-0.25, -0.2) is 8.78 Å². The van der Waals surface area contributed by atoms with Crippen LogP contribution in [0.2, 0.25) is 0 Å². The van der Waals surface area contributed by atoms with Gasteiger partial charge in [-0.1, -0.05) is 43.8 Å². The summed E-state index contributed by atoms with van der Waals surface area (Å²) < 4.78 is 45.5. The number of rotatable bonds is 10. The van der Waals surface area contributed by atoms with Gasteiger partial charge in [0.15, 0.2) is 23.5 Å². The number of hydrogen-bond donors (Lipinski definition) is 4. The fourth-order valence-corrected chi connectivity index (χ4v) is 9.42. The number of alkyl halides is 2. The van der Waals surface area contributed by atoms with E-state index >= 15 is 8.78 Å². The minimum Gasteiger partial charge on any atom is -0.390 e. The number of anilines is 1. The number of Topliss-reactive ketones (excluding diaryl/α,β-unsaturated/α-hetero) is 1. The Morgan fingerprint density at radius 1 is 1.10 bits per heavy atom. The lowest BCUT2D eigenvalue weighted by Crippen LogP contribution is -2.66. The van der Waals surface area contributed by atoms with Crippen LogP contribution in [0.15, 0.2) is 82.1 Å². The second-order valence-electron chi connectivity index (χ2n) is 14.2. The van der Waals surface area contributed by atoms with E-state index in [0.717, 1.165) is 15.9 Å². The zero-order chi connectivity index (χ0) is 36.0. The Morgan fingerprint density at radius 2 is 1.76 bits per heavy atom. The van der Waals surface area contributed by atoms with Gasteiger partial charge in [-0.3, -0.25) is 14.4 Å². The number of ether oxygens (including phenoxy) is 2. The highest BCUT2D eigenvalue weighted by molar-refractivity contribution is 7.99. The Hall–Kier alpha value is -3.26. The summed E-state index contributed by atoms with van der Waals surface area (Å²) in [4.78, 5) is 39.8. The average Bonchev–Trinajstić information content (AvgIpc) is 3.59. The molecule has 3 saturated carbocycles. The molecule has 1 aliphatic heterocycles. The number of hydrogen-bond acceptors (Lipinski definition) is 9. The molecule has 0 spiro atoms. The maximum atomic E-state index is 16.9. The molecule has 6 rings (SSSR count). The van der Waals surface area contributed by atoms with Crippen LogP contribution in [0.3, 0.4) is 0 Å². The number of ketones is 2. The maximum Gasteiger partial charge on any atom is 0.240 e. The molecule has 50 heavy (non-hydrogen) atoms. The van der Waals surface area contributed by atoms with Crippen molar-refractivity contribution in [2.24, 2.45) is 23.0 Å². The first-order chi connectivity index (χ1) is 23.7. The summed E-state index contributed by atoms with van der Waals surface area (Å²) in [7, 11) is 0. The van der Waals surface area contributed by atoms with Crippen molar-refractivity contribution in [3.63, 3.8) is 0 Å².